The second-order valence-corrected chi connectivity index (χ2v) is 6.13. The van der Waals surface area contributed by atoms with E-state index in [0.717, 1.165) is 0 Å². The molecule has 5 rings (SSSR count). The standard InChI is InChI=1S/C20H18O2/c21-17-7-3-13(4-8-17)19-12-16-2-1-15(19)11-20(16)14-5-9-18(22)10-6-14/h3-12,15-16,21-22H,1-2H2. The summed E-state index contributed by atoms with van der Waals surface area (Å²) in [7, 11) is 0. The van der Waals surface area contributed by atoms with Crippen molar-refractivity contribution in [3.05, 3.63) is 71.8 Å². The lowest BCUT2D eigenvalue weighted by Gasteiger charge is -2.35. The minimum atomic E-state index is 0.311. The van der Waals surface area contributed by atoms with Gasteiger partial charge >= 0.3 is 0 Å². The van der Waals surface area contributed by atoms with Gasteiger partial charge in [-0.15, -0.1) is 0 Å². The minimum absolute atomic E-state index is 0.311. The Balaban J connectivity index is 1.68. The molecule has 3 aliphatic carbocycles. The molecule has 0 heterocycles. The number of hydrogen-bond donors (Lipinski definition) is 2. The number of benzene rings is 2. The highest BCUT2D eigenvalue weighted by Gasteiger charge is 2.30. The topological polar surface area (TPSA) is 40.5 Å². The van der Waals surface area contributed by atoms with Gasteiger partial charge in [0.2, 0.25) is 0 Å². The van der Waals surface area contributed by atoms with Crippen LogP contribution in [0.15, 0.2) is 60.7 Å². The van der Waals surface area contributed by atoms with Crippen LogP contribution in [-0.4, -0.2) is 10.2 Å². The molecule has 110 valence electrons. The smallest absolute Gasteiger partial charge is 0.115 e. The summed E-state index contributed by atoms with van der Waals surface area (Å²) in [4.78, 5) is 0. The molecule has 2 unspecified atom stereocenters. The van der Waals surface area contributed by atoms with Crippen LogP contribution in [0.1, 0.15) is 24.0 Å². The number of phenolic OH excluding ortho intramolecular Hbond substituents is 2. The van der Waals surface area contributed by atoms with Gasteiger partial charge in [-0.2, -0.15) is 0 Å². The van der Waals surface area contributed by atoms with Gasteiger partial charge in [0.25, 0.3) is 0 Å². The fourth-order valence-electron chi connectivity index (χ4n) is 3.63. The first-order valence-electron chi connectivity index (χ1n) is 7.73. The maximum Gasteiger partial charge on any atom is 0.115 e. The van der Waals surface area contributed by atoms with Gasteiger partial charge < -0.3 is 10.2 Å². The largest absolute Gasteiger partial charge is 0.508 e. The number of fused-ring (bicyclic) bond motifs is 1. The van der Waals surface area contributed by atoms with E-state index in [1.54, 1.807) is 24.3 Å². The second kappa shape index (κ2) is 5.06. The molecule has 0 radical (unpaired) electrons. The zero-order valence-corrected chi connectivity index (χ0v) is 12.2. The third kappa shape index (κ3) is 2.21. The Morgan fingerprint density at radius 2 is 0.955 bits per heavy atom. The molecule has 2 aromatic carbocycles. The van der Waals surface area contributed by atoms with Crippen molar-refractivity contribution in [1.29, 1.82) is 0 Å². The van der Waals surface area contributed by atoms with Gasteiger partial charge in [-0.25, -0.2) is 0 Å². The first-order valence-corrected chi connectivity index (χ1v) is 7.73. The molecule has 3 aliphatic rings. The Bertz CT molecular complexity index is 684. The molecular formula is C20H18O2. The molecule has 0 amide bonds. The number of hydrogen-bond acceptors (Lipinski definition) is 2. The Hall–Kier alpha value is -2.48. The highest BCUT2D eigenvalue weighted by molar-refractivity contribution is 5.82. The zero-order valence-electron chi connectivity index (χ0n) is 12.2. The zero-order chi connectivity index (χ0) is 15.1. The predicted octanol–water partition coefficient (Wildman–Crippen LogP) is 4.60. The average molecular weight is 290 g/mol. The molecule has 0 aromatic heterocycles. The predicted molar refractivity (Wildman–Crippen MR) is 88.4 cm³/mol. The molecule has 2 atom stereocenters. The third-order valence-corrected chi connectivity index (χ3v) is 4.75. The average Bonchev–Trinajstić information content (AvgIpc) is 2.56. The van der Waals surface area contributed by atoms with Crippen LogP contribution in [0.2, 0.25) is 0 Å². The van der Waals surface area contributed by atoms with Crippen LogP contribution in [-0.2, 0) is 0 Å². The van der Waals surface area contributed by atoms with Crippen molar-refractivity contribution in [1.82, 2.24) is 0 Å². The Labute approximate surface area is 130 Å². The van der Waals surface area contributed by atoms with Crippen LogP contribution < -0.4 is 0 Å². The summed E-state index contributed by atoms with van der Waals surface area (Å²) in [5.41, 5.74) is 5.15. The number of aromatic hydroxyl groups is 2. The molecule has 2 heteroatoms. The van der Waals surface area contributed by atoms with Gasteiger partial charge in [0.15, 0.2) is 0 Å². The van der Waals surface area contributed by atoms with E-state index in [-0.39, 0.29) is 0 Å². The normalized spacial score (nSPS) is 23.1. The first kappa shape index (κ1) is 13.2. The third-order valence-electron chi connectivity index (χ3n) is 4.75. The van der Waals surface area contributed by atoms with Gasteiger partial charge in [-0.3, -0.25) is 0 Å². The number of rotatable bonds is 2. The van der Waals surface area contributed by atoms with Crippen LogP contribution in [0.4, 0.5) is 0 Å². The summed E-state index contributed by atoms with van der Waals surface area (Å²) in [6.45, 7) is 0. The molecule has 0 saturated carbocycles. The Kier molecular flexibility index (Phi) is 3.04. The molecule has 0 fully saturated rings. The molecule has 2 bridgehead atoms. The monoisotopic (exact) mass is 290 g/mol. The molecule has 0 saturated heterocycles. The van der Waals surface area contributed by atoms with Gasteiger partial charge in [0, 0.05) is 11.8 Å². The van der Waals surface area contributed by atoms with Crippen molar-refractivity contribution >= 4 is 11.1 Å². The maximum atomic E-state index is 9.45. The highest BCUT2D eigenvalue weighted by atomic mass is 16.3. The molecule has 22 heavy (non-hydrogen) atoms. The van der Waals surface area contributed by atoms with Gasteiger partial charge in [0.05, 0.1) is 0 Å². The SMILES string of the molecule is Oc1ccc(C2=CC3CCC2C=C3c2ccc(O)cc2)cc1. The van der Waals surface area contributed by atoms with Crippen LogP contribution in [0.3, 0.4) is 0 Å². The van der Waals surface area contributed by atoms with E-state index >= 15 is 0 Å². The fourth-order valence-corrected chi connectivity index (χ4v) is 3.63. The highest BCUT2D eigenvalue weighted by Crippen LogP contribution is 2.47. The summed E-state index contributed by atoms with van der Waals surface area (Å²) in [5.74, 6) is 1.51. The Morgan fingerprint density at radius 3 is 1.27 bits per heavy atom. The molecular weight excluding hydrogens is 272 g/mol. The summed E-state index contributed by atoms with van der Waals surface area (Å²) in [6, 6.07) is 15.0. The van der Waals surface area contributed by atoms with Gasteiger partial charge in [0.1, 0.15) is 11.5 Å². The van der Waals surface area contributed by atoms with E-state index in [1.807, 2.05) is 24.3 Å². The fraction of sp³-hybridized carbons (Fsp3) is 0.200. The van der Waals surface area contributed by atoms with E-state index in [2.05, 4.69) is 12.2 Å². The van der Waals surface area contributed by atoms with Crippen molar-refractivity contribution < 1.29 is 10.2 Å². The van der Waals surface area contributed by atoms with Gasteiger partial charge in [-0.1, -0.05) is 36.4 Å². The van der Waals surface area contributed by atoms with Crippen LogP contribution in [0.25, 0.3) is 11.1 Å². The summed E-state index contributed by atoms with van der Waals surface area (Å²) in [5, 5.41) is 18.9. The lowest BCUT2D eigenvalue weighted by Crippen LogP contribution is -2.20. The van der Waals surface area contributed by atoms with Crippen molar-refractivity contribution in [2.45, 2.75) is 12.8 Å². The van der Waals surface area contributed by atoms with Gasteiger partial charge in [-0.05, 0) is 59.4 Å². The van der Waals surface area contributed by atoms with E-state index in [9.17, 15) is 10.2 Å². The summed E-state index contributed by atoms with van der Waals surface area (Å²) in [6.07, 6.45) is 7.11. The van der Waals surface area contributed by atoms with Crippen LogP contribution in [0.5, 0.6) is 11.5 Å². The van der Waals surface area contributed by atoms with E-state index < -0.39 is 0 Å². The van der Waals surface area contributed by atoms with Crippen molar-refractivity contribution in [3.63, 3.8) is 0 Å². The Morgan fingerprint density at radius 1 is 0.591 bits per heavy atom. The molecule has 2 nitrogen and oxygen atoms in total. The van der Waals surface area contributed by atoms with Crippen molar-refractivity contribution in [2.75, 3.05) is 0 Å². The molecule has 2 N–H and O–H groups in total. The summed E-state index contributed by atoms with van der Waals surface area (Å²) >= 11 is 0. The van der Waals surface area contributed by atoms with Crippen LogP contribution >= 0.6 is 0 Å². The number of allylic oxidation sites excluding steroid dienone is 4. The van der Waals surface area contributed by atoms with E-state index in [1.165, 1.54) is 35.1 Å². The second-order valence-electron chi connectivity index (χ2n) is 6.13. The quantitative estimate of drug-likeness (QED) is 0.848. The minimum Gasteiger partial charge on any atom is -0.508 e. The van der Waals surface area contributed by atoms with E-state index in [4.69, 9.17) is 0 Å². The molecule has 0 aliphatic heterocycles. The molecule has 2 aromatic rings. The van der Waals surface area contributed by atoms with Crippen molar-refractivity contribution in [2.24, 2.45) is 11.8 Å². The lowest BCUT2D eigenvalue weighted by molar-refractivity contribution is 0.474. The van der Waals surface area contributed by atoms with Crippen LogP contribution in [0, 0.1) is 11.8 Å². The lowest BCUT2D eigenvalue weighted by atomic mass is 9.69. The maximum absolute atomic E-state index is 9.45. The van der Waals surface area contributed by atoms with E-state index in [0.29, 0.717) is 23.3 Å². The first-order chi connectivity index (χ1) is 10.7. The molecule has 0 spiro atoms. The van der Waals surface area contributed by atoms with Crippen molar-refractivity contribution in [3.8, 4) is 11.5 Å². The summed E-state index contributed by atoms with van der Waals surface area (Å²) < 4.78 is 0. The number of phenols is 2.